The van der Waals surface area contributed by atoms with E-state index in [2.05, 4.69) is 0 Å². The van der Waals surface area contributed by atoms with Crippen LogP contribution >= 0.6 is 0 Å². The smallest absolute Gasteiger partial charge is 0.310 e. The summed E-state index contributed by atoms with van der Waals surface area (Å²) >= 11 is 0. The predicted molar refractivity (Wildman–Crippen MR) is 76.2 cm³/mol. The van der Waals surface area contributed by atoms with Gasteiger partial charge in [0.25, 0.3) is 0 Å². The Hall–Kier alpha value is -1.84. The second kappa shape index (κ2) is 7.68. The number of carbonyl (C=O) groups is 2. The van der Waals surface area contributed by atoms with Crippen LogP contribution in [0.3, 0.4) is 0 Å². The lowest BCUT2D eigenvalue weighted by Crippen LogP contribution is -2.24. The molecule has 1 rings (SSSR count). The van der Waals surface area contributed by atoms with E-state index in [1.165, 1.54) is 0 Å². The van der Waals surface area contributed by atoms with E-state index in [1.807, 2.05) is 51.1 Å². The first-order chi connectivity index (χ1) is 9.37. The van der Waals surface area contributed by atoms with E-state index in [0.29, 0.717) is 6.42 Å². The third kappa shape index (κ3) is 7.56. The van der Waals surface area contributed by atoms with E-state index in [9.17, 15) is 9.59 Å². The number of esters is 2. The molecule has 0 aliphatic heterocycles. The Morgan fingerprint density at radius 3 is 2.30 bits per heavy atom. The number of hydrogen-bond donors (Lipinski definition) is 0. The first kappa shape index (κ1) is 16.2. The van der Waals surface area contributed by atoms with Gasteiger partial charge in [-0.15, -0.1) is 0 Å². The van der Waals surface area contributed by atoms with Crippen molar-refractivity contribution in [2.24, 2.45) is 0 Å². The molecule has 0 aliphatic carbocycles. The summed E-state index contributed by atoms with van der Waals surface area (Å²) in [6.07, 6.45) is 0.999. The predicted octanol–water partition coefficient (Wildman–Crippen LogP) is 2.89. The Bertz CT molecular complexity index is 432. The summed E-state index contributed by atoms with van der Waals surface area (Å²) in [6, 6.07) is 9.41. The molecule has 0 N–H and O–H groups in total. The highest BCUT2D eigenvalue weighted by molar-refractivity contribution is 5.72. The average molecular weight is 278 g/mol. The molecule has 0 unspecified atom stereocenters. The summed E-state index contributed by atoms with van der Waals surface area (Å²) in [5.74, 6) is -0.544. The molecule has 110 valence electrons. The molecule has 0 radical (unpaired) electrons. The molecule has 1 aromatic carbocycles. The van der Waals surface area contributed by atoms with Crippen LogP contribution < -0.4 is 0 Å². The molecular formula is C16H22O4. The summed E-state index contributed by atoms with van der Waals surface area (Å²) in [5.41, 5.74) is 0.450. The normalized spacial score (nSPS) is 10.9. The lowest BCUT2D eigenvalue weighted by atomic mass is 10.2. The van der Waals surface area contributed by atoms with Gasteiger partial charge < -0.3 is 9.47 Å². The molecule has 0 atom stereocenters. The number of rotatable bonds is 6. The van der Waals surface area contributed by atoms with Gasteiger partial charge in [-0.05, 0) is 32.8 Å². The molecule has 0 saturated heterocycles. The highest BCUT2D eigenvalue weighted by atomic mass is 16.6. The van der Waals surface area contributed by atoms with Gasteiger partial charge in [0, 0.05) is 6.42 Å². The van der Waals surface area contributed by atoms with Gasteiger partial charge in [0.1, 0.15) is 5.60 Å². The van der Waals surface area contributed by atoms with E-state index in [4.69, 9.17) is 9.47 Å². The Kier molecular flexibility index (Phi) is 6.22. The first-order valence-electron chi connectivity index (χ1n) is 6.78. The molecule has 0 amide bonds. The maximum Gasteiger partial charge on any atom is 0.310 e. The van der Waals surface area contributed by atoms with Crippen molar-refractivity contribution in [1.82, 2.24) is 0 Å². The van der Waals surface area contributed by atoms with Gasteiger partial charge in [0.2, 0.25) is 0 Å². The highest BCUT2D eigenvalue weighted by Gasteiger charge is 2.15. The van der Waals surface area contributed by atoms with Crippen LogP contribution in [0.15, 0.2) is 30.3 Å². The van der Waals surface area contributed by atoms with Crippen molar-refractivity contribution in [3.05, 3.63) is 35.9 Å². The highest BCUT2D eigenvalue weighted by Crippen LogP contribution is 2.09. The van der Waals surface area contributed by atoms with Gasteiger partial charge >= 0.3 is 11.9 Å². The molecule has 0 spiro atoms. The van der Waals surface area contributed by atoms with Crippen LogP contribution in [0.5, 0.6) is 0 Å². The number of benzene rings is 1. The van der Waals surface area contributed by atoms with E-state index >= 15 is 0 Å². The minimum atomic E-state index is -0.471. The van der Waals surface area contributed by atoms with Gasteiger partial charge in [0.05, 0.1) is 13.0 Å². The van der Waals surface area contributed by atoms with Gasteiger partial charge in [0.15, 0.2) is 0 Å². The molecule has 0 aliphatic rings. The zero-order valence-electron chi connectivity index (χ0n) is 12.3. The topological polar surface area (TPSA) is 52.6 Å². The van der Waals surface area contributed by atoms with E-state index in [0.717, 1.165) is 5.56 Å². The second-order valence-corrected chi connectivity index (χ2v) is 5.57. The standard InChI is InChI=1S/C16H22O4/c1-16(2,3)20-14(17)10-7-11-19-15(18)12-13-8-5-4-6-9-13/h4-6,8-9H,7,10-12H2,1-3H3. The van der Waals surface area contributed by atoms with Gasteiger partial charge in [-0.2, -0.15) is 0 Å². The van der Waals surface area contributed by atoms with Crippen molar-refractivity contribution >= 4 is 11.9 Å². The fraction of sp³-hybridized carbons (Fsp3) is 0.500. The quantitative estimate of drug-likeness (QED) is 0.593. The molecule has 0 saturated carbocycles. The first-order valence-corrected chi connectivity index (χ1v) is 6.78. The lowest BCUT2D eigenvalue weighted by molar-refractivity contribution is -0.156. The van der Waals surface area contributed by atoms with Crippen LogP contribution in [0.4, 0.5) is 0 Å². The van der Waals surface area contributed by atoms with Crippen molar-refractivity contribution in [2.45, 2.75) is 45.6 Å². The number of carbonyl (C=O) groups excluding carboxylic acids is 2. The molecule has 4 heteroatoms. The van der Waals surface area contributed by atoms with Crippen LogP contribution in [0.2, 0.25) is 0 Å². The Labute approximate surface area is 120 Å². The maximum absolute atomic E-state index is 11.5. The van der Waals surface area contributed by atoms with Crippen LogP contribution in [-0.2, 0) is 25.5 Å². The monoisotopic (exact) mass is 278 g/mol. The van der Waals surface area contributed by atoms with Crippen molar-refractivity contribution < 1.29 is 19.1 Å². The van der Waals surface area contributed by atoms with E-state index in [1.54, 1.807) is 0 Å². The van der Waals surface area contributed by atoms with Crippen molar-refractivity contribution in [1.29, 1.82) is 0 Å². The maximum atomic E-state index is 11.5. The number of hydrogen-bond acceptors (Lipinski definition) is 4. The van der Waals surface area contributed by atoms with Crippen LogP contribution in [0.25, 0.3) is 0 Å². The van der Waals surface area contributed by atoms with Crippen LogP contribution in [0, 0.1) is 0 Å². The third-order valence-corrected chi connectivity index (χ3v) is 2.40. The molecule has 20 heavy (non-hydrogen) atoms. The molecule has 0 bridgehead atoms. The summed E-state index contributed by atoms with van der Waals surface area (Å²) in [6.45, 7) is 5.71. The zero-order chi connectivity index (χ0) is 15.0. The molecule has 4 nitrogen and oxygen atoms in total. The van der Waals surface area contributed by atoms with E-state index in [-0.39, 0.29) is 31.4 Å². The minimum absolute atomic E-state index is 0.241. The summed E-state index contributed by atoms with van der Waals surface area (Å²) in [7, 11) is 0. The summed E-state index contributed by atoms with van der Waals surface area (Å²) in [4.78, 5) is 23.0. The minimum Gasteiger partial charge on any atom is -0.465 e. The molecule has 1 aromatic rings. The Morgan fingerprint density at radius 2 is 1.70 bits per heavy atom. The number of ether oxygens (including phenoxy) is 2. The van der Waals surface area contributed by atoms with Gasteiger partial charge in [-0.1, -0.05) is 30.3 Å². The van der Waals surface area contributed by atoms with Gasteiger partial charge in [-0.25, -0.2) is 0 Å². The third-order valence-electron chi connectivity index (χ3n) is 2.40. The molecule has 0 fully saturated rings. The van der Waals surface area contributed by atoms with Crippen molar-refractivity contribution in [3.63, 3.8) is 0 Å². The molecular weight excluding hydrogens is 256 g/mol. The van der Waals surface area contributed by atoms with Crippen LogP contribution in [-0.4, -0.2) is 24.1 Å². The van der Waals surface area contributed by atoms with Crippen molar-refractivity contribution in [2.75, 3.05) is 6.61 Å². The summed E-state index contributed by atoms with van der Waals surface area (Å²) in [5, 5.41) is 0. The van der Waals surface area contributed by atoms with Gasteiger partial charge in [-0.3, -0.25) is 9.59 Å². The fourth-order valence-electron chi connectivity index (χ4n) is 1.61. The molecule has 0 heterocycles. The largest absolute Gasteiger partial charge is 0.465 e. The summed E-state index contributed by atoms with van der Waals surface area (Å²) < 4.78 is 10.2. The Morgan fingerprint density at radius 1 is 1.05 bits per heavy atom. The SMILES string of the molecule is CC(C)(C)OC(=O)CCCOC(=O)Cc1ccccc1. The average Bonchev–Trinajstić information content (AvgIpc) is 2.34. The Balaban J connectivity index is 2.15. The van der Waals surface area contributed by atoms with Crippen LogP contribution in [0.1, 0.15) is 39.2 Å². The van der Waals surface area contributed by atoms with E-state index < -0.39 is 5.60 Å². The second-order valence-electron chi connectivity index (χ2n) is 5.57. The van der Waals surface area contributed by atoms with Crippen molar-refractivity contribution in [3.8, 4) is 0 Å². The fourth-order valence-corrected chi connectivity index (χ4v) is 1.61. The molecule has 0 aromatic heterocycles. The lowest BCUT2D eigenvalue weighted by Gasteiger charge is -2.19. The zero-order valence-corrected chi connectivity index (χ0v) is 12.3.